The van der Waals surface area contributed by atoms with Crippen molar-refractivity contribution < 1.29 is 13.9 Å². The van der Waals surface area contributed by atoms with Gasteiger partial charge in [0.2, 0.25) is 0 Å². The Kier molecular flexibility index (Phi) is 5.29. The molecule has 0 atom stereocenters. The van der Waals surface area contributed by atoms with Crippen LogP contribution in [0.4, 0.5) is 4.39 Å². The monoisotopic (exact) mass is 374 g/mol. The Labute approximate surface area is 158 Å². The summed E-state index contributed by atoms with van der Waals surface area (Å²) in [5.74, 6) is 0.312. The van der Waals surface area contributed by atoms with E-state index >= 15 is 0 Å². The largest absolute Gasteiger partial charge is 0.489 e. The fourth-order valence-electron chi connectivity index (χ4n) is 4.04. The van der Waals surface area contributed by atoms with Crippen LogP contribution in [0.5, 0.6) is 5.75 Å². The molecule has 0 spiro atoms. The lowest BCUT2D eigenvalue weighted by Crippen LogP contribution is -2.39. The summed E-state index contributed by atoms with van der Waals surface area (Å²) in [6, 6.07) is 2.73. The van der Waals surface area contributed by atoms with Crippen LogP contribution in [0.2, 0.25) is 0 Å². The van der Waals surface area contributed by atoms with Gasteiger partial charge in [-0.3, -0.25) is 9.48 Å². The van der Waals surface area contributed by atoms with Gasteiger partial charge in [-0.1, -0.05) is 13.3 Å². The molecule has 0 aliphatic carbocycles. The maximum Gasteiger partial charge on any atom is 0.272 e. The van der Waals surface area contributed by atoms with E-state index in [-0.39, 0.29) is 11.6 Å². The van der Waals surface area contributed by atoms with Gasteiger partial charge in [0.25, 0.3) is 5.91 Å². The number of nitrogens with one attached hydrogen (secondary N) is 1. The fraction of sp³-hybridized carbons (Fsp3) is 0.600. The van der Waals surface area contributed by atoms with Crippen molar-refractivity contribution in [3.8, 4) is 5.75 Å². The third-order valence-corrected chi connectivity index (χ3v) is 5.64. The van der Waals surface area contributed by atoms with E-state index in [9.17, 15) is 9.18 Å². The second kappa shape index (κ2) is 7.84. The lowest BCUT2D eigenvalue weighted by Gasteiger charge is -2.31. The zero-order chi connectivity index (χ0) is 18.8. The molecule has 0 radical (unpaired) electrons. The molecule has 1 aromatic heterocycles. The Morgan fingerprint density at radius 1 is 1.33 bits per heavy atom. The van der Waals surface area contributed by atoms with Gasteiger partial charge < -0.3 is 15.0 Å². The zero-order valence-corrected chi connectivity index (χ0v) is 15.8. The predicted molar refractivity (Wildman–Crippen MR) is 102 cm³/mol. The van der Waals surface area contributed by atoms with Crippen molar-refractivity contribution in [2.75, 3.05) is 32.8 Å². The van der Waals surface area contributed by atoms with E-state index in [0.717, 1.165) is 25.9 Å². The molecule has 1 fully saturated rings. The van der Waals surface area contributed by atoms with Gasteiger partial charge in [-0.05, 0) is 50.9 Å². The molecule has 1 aromatic carbocycles. The summed E-state index contributed by atoms with van der Waals surface area (Å²) in [4.78, 5) is 15.2. The molecule has 27 heavy (non-hydrogen) atoms. The number of aromatic nitrogens is 2. The molecule has 2 aliphatic rings. The number of halogens is 1. The number of unbranched alkanes of at least 4 members (excludes halogenated alkanes) is 1. The summed E-state index contributed by atoms with van der Waals surface area (Å²) < 4.78 is 21.2. The molecule has 1 amide bonds. The predicted octanol–water partition coefficient (Wildman–Crippen LogP) is 2.81. The number of carbonyl (C=O) groups is 1. The number of rotatable bonds is 6. The Hall–Kier alpha value is -2.15. The minimum absolute atomic E-state index is 0.231. The molecule has 0 saturated carbocycles. The van der Waals surface area contributed by atoms with Gasteiger partial charge in [-0.2, -0.15) is 5.10 Å². The molecule has 6 nitrogen and oxygen atoms in total. The molecule has 3 heterocycles. The van der Waals surface area contributed by atoms with Crippen molar-refractivity contribution in [3.63, 3.8) is 0 Å². The first kappa shape index (κ1) is 18.2. The summed E-state index contributed by atoms with van der Waals surface area (Å²) >= 11 is 0. The Balaban J connectivity index is 1.40. The van der Waals surface area contributed by atoms with Crippen LogP contribution in [0.15, 0.2) is 12.1 Å². The molecule has 2 aliphatic heterocycles. The number of nitrogens with zero attached hydrogens (tertiary/aromatic N) is 3. The van der Waals surface area contributed by atoms with Gasteiger partial charge >= 0.3 is 0 Å². The zero-order valence-electron chi connectivity index (χ0n) is 15.8. The van der Waals surface area contributed by atoms with Gasteiger partial charge in [-0.25, -0.2) is 4.39 Å². The second-order valence-electron chi connectivity index (χ2n) is 7.57. The van der Waals surface area contributed by atoms with Crippen LogP contribution in [-0.4, -0.2) is 53.4 Å². The summed E-state index contributed by atoms with van der Waals surface area (Å²) in [6.07, 6.45) is 4.68. The first-order valence-electron chi connectivity index (χ1n) is 9.99. The summed E-state index contributed by atoms with van der Waals surface area (Å²) in [6.45, 7) is 7.25. The number of piperidine rings is 1. The number of amides is 1. The Morgan fingerprint density at radius 2 is 2.15 bits per heavy atom. The van der Waals surface area contributed by atoms with Gasteiger partial charge in [0.15, 0.2) is 5.69 Å². The van der Waals surface area contributed by atoms with Crippen LogP contribution in [0, 0.1) is 11.7 Å². The first-order chi connectivity index (χ1) is 13.2. The number of ether oxygens (including phenoxy) is 1. The lowest BCUT2D eigenvalue weighted by molar-refractivity contribution is 0.0931. The molecule has 2 aromatic rings. The smallest absolute Gasteiger partial charge is 0.272 e. The highest BCUT2D eigenvalue weighted by atomic mass is 19.1. The van der Waals surface area contributed by atoms with Gasteiger partial charge in [0.05, 0.1) is 6.54 Å². The van der Waals surface area contributed by atoms with Crippen LogP contribution in [0.1, 0.15) is 43.1 Å². The van der Waals surface area contributed by atoms with Crippen molar-refractivity contribution >= 4 is 16.8 Å². The average Bonchev–Trinajstić information content (AvgIpc) is 3.05. The standard InChI is InChI=1S/C20H27FN4O2/c1-2-3-6-24-7-4-14(5-8-24)13-22-20(26)18-16-11-15(21)12-17-19(16)25(23-18)9-10-27-17/h11-12,14H,2-10,13H2,1H3,(H,22,26). The molecule has 7 heteroatoms. The molecule has 4 rings (SSSR count). The minimum Gasteiger partial charge on any atom is -0.489 e. The third kappa shape index (κ3) is 3.78. The lowest BCUT2D eigenvalue weighted by atomic mass is 9.96. The number of carbonyl (C=O) groups excluding carboxylic acids is 1. The van der Waals surface area contributed by atoms with Crippen LogP contribution in [0.25, 0.3) is 10.9 Å². The quantitative estimate of drug-likeness (QED) is 0.845. The highest BCUT2D eigenvalue weighted by Gasteiger charge is 2.25. The van der Waals surface area contributed by atoms with E-state index in [4.69, 9.17) is 4.74 Å². The van der Waals surface area contributed by atoms with Gasteiger partial charge in [0.1, 0.15) is 23.7 Å². The van der Waals surface area contributed by atoms with Crippen LogP contribution < -0.4 is 10.1 Å². The fourth-order valence-corrected chi connectivity index (χ4v) is 4.04. The van der Waals surface area contributed by atoms with Crippen molar-refractivity contribution in [2.24, 2.45) is 5.92 Å². The molecule has 1 N–H and O–H groups in total. The molecule has 1 saturated heterocycles. The third-order valence-electron chi connectivity index (χ3n) is 5.64. The maximum atomic E-state index is 13.9. The number of likely N-dealkylation sites (tertiary alicyclic amines) is 1. The first-order valence-corrected chi connectivity index (χ1v) is 9.99. The number of benzene rings is 1. The highest BCUT2D eigenvalue weighted by molar-refractivity contribution is 6.06. The van der Waals surface area contributed by atoms with E-state index < -0.39 is 5.82 Å². The SMILES string of the molecule is CCCCN1CCC(CNC(=O)c2nn3c4c(cc(F)cc24)OCC3)CC1. The van der Waals surface area contributed by atoms with Gasteiger partial charge in [-0.15, -0.1) is 0 Å². The number of hydrogen-bond acceptors (Lipinski definition) is 4. The number of hydrogen-bond donors (Lipinski definition) is 1. The van der Waals surface area contributed by atoms with Crippen molar-refractivity contribution in [1.29, 1.82) is 0 Å². The molecular weight excluding hydrogens is 347 g/mol. The topological polar surface area (TPSA) is 59.4 Å². The van der Waals surface area contributed by atoms with Crippen molar-refractivity contribution in [2.45, 2.75) is 39.2 Å². The van der Waals surface area contributed by atoms with Gasteiger partial charge in [0, 0.05) is 18.0 Å². The van der Waals surface area contributed by atoms with E-state index in [0.29, 0.717) is 42.3 Å². The molecular formula is C20H27FN4O2. The van der Waals surface area contributed by atoms with E-state index in [1.54, 1.807) is 4.68 Å². The summed E-state index contributed by atoms with van der Waals surface area (Å²) in [7, 11) is 0. The van der Waals surface area contributed by atoms with Crippen molar-refractivity contribution in [1.82, 2.24) is 20.0 Å². The summed E-state index contributed by atoms with van der Waals surface area (Å²) in [5.41, 5.74) is 0.994. The normalized spacial score (nSPS) is 17.9. The molecule has 0 unspecified atom stereocenters. The average molecular weight is 374 g/mol. The molecule has 146 valence electrons. The van der Waals surface area contributed by atoms with Crippen LogP contribution in [-0.2, 0) is 6.54 Å². The maximum absolute atomic E-state index is 13.9. The Morgan fingerprint density at radius 3 is 2.93 bits per heavy atom. The van der Waals surface area contributed by atoms with E-state index in [1.807, 2.05) is 0 Å². The van der Waals surface area contributed by atoms with E-state index in [2.05, 4.69) is 22.2 Å². The Bertz CT molecular complexity index is 827. The second-order valence-corrected chi connectivity index (χ2v) is 7.57. The minimum atomic E-state index is -0.410. The van der Waals surface area contributed by atoms with Crippen molar-refractivity contribution in [3.05, 3.63) is 23.6 Å². The highest BCUT2D eigenvalue weighted by Crippen LogP contribution is 2.32. The van der Waals surface area contributed by atoms with Crippen LogP contribution in [0.3, 0.4) is 0 Å². The van der Waals surface area contributed by atoms with Crippen LogP contribution >= 0.6 is 0 Å². The van der Waals surface area contributed by atoms with E-state index in [1.165, 1.54) is 31.5 Å². The summed E-state index contributed by atoms with van der Waals surface area (Å²) in [5, 5.41) is 7.96. The molecule has 0 bridgehead atoms.